The van der Waals surface area contributed by atoms with E-state index in [2.05, 4.69) is 17.2 Å². The lowest BCUT2D eigenvalue weighted by Gasteiger charge is -2.27. The first-order valence-electron chi connectivity index (χ1n) is 6.19. The van der Waals surface area contributed by atoms with Crippen molar-refractivity contribution in [2.24, 2.45) is 11.8 Å². The van der Waals surface area contributed by atoms with Crippen LogP contribution in [0.5, 0.6) is 0 Å². The Balaban J connectivity index is 1.85. The Morgan fingerprint density at radius 2 is 2.38 bits per heavy atom. The third-order valence-corrected chi connectivity index (χ3v) is 3.48. The molecule has 1 fully saturated rings. The number of nitrogens with one attached hydrogen (secondary N) is 1. The molecule has 1 aliphatic rings. The second kappa shape index (κ2) is 5.19. The Morgan fingerprint density at radius 3 is 3.12 bits per heavy atom. The van der Waals surface area contributed by atoms with Gasteiger partial charge in [-0.05, 0) is 30.7 Å². The summed E-state index contributed by atoms with van der Waals surface area (Å²) in [6, 6.07) is 1.95. The fourth-order valence-electron chi connectivity index (χ4n) is 2.57. The zero-order valence-electron chi connectivity index (χ0n) is 9.95. The van der Waals surface area contributed by atoms with Crippen molar-refractivity contribution < 1.29 is 0 Å². The zero-order chi connectivity index (χ0) is 11.4. The molecular weight excluding hydrogens is 198 g/mol. The van der Waals surface area contributed by atoms with E-state index in [4.69, 9.17) is 5.73 Å². The van der Waals surface area contributed by atoms with E-state index in [0.717, 1.165) is 29.8 Å². The number of rotatable bonds is 3. The Hall–Kier alpha value is -1.25. The zero-order valence-corrected chi connectivity index (χ0v) is 9.95. The standard InChI is InChI=1S/C13H21N3/c1-10-3-2-4-11(7-10)8-16-13-5-6-15-9-12(13)14/h5-6,9-11H,2-4,7-8,14H2,1H3,(H,15,16). The highest BCUT2D eigenvalue weighted by Gasteiger charge is 2.18. The predicted molar refractivity (Wildman–Crippen MR) is 68.3 cm³/mol. The van der Waals surface area contributed by atoms with Gasteiger partial charge < -0.3 is 11.1 Å². The Morgan fingerprint density at radius 1 is 1.50 bits per heavy atom. The number of hydrogen-bond acceptors (Lipinski definition) is 3. The van der Waals surface area contributed by atoms with Crippen LogP contribution in [0, 0.1) is 11.8 Å². The van der Waals surface area contributed by atoms with Crippen molar-refractivity contribution in [1.82, 2.24) is 4.98 Å². The Labute approximate surface area is 97.5 Å². The lowest BCUT2D eigenvalue weighted by Crippen LogP contribution is -2.21. The Bertz CT molecular complexity index is 338. The smallest absolute Gasteiger partial charge is 0.0736 e. The normalized spacial score (nSPS) is 25.3. The lowest BCUT2D eigenvalue weighted by atomic mass is 9.82. The minimum atomic E-state index is 0.742. The van der Waals surface area contributed by atoms with E-state index in [-0.39, 0.29) is 0 Å². The predicted octanol–water partition coefficient (Wildman–Crippen LogP) is 2.90. The third-order valence-electron chi connectivity index (χ3n) is 3.48. The van der Waals surface area contributed by atoms with Gasteiger partial charge in [-0.15, -0.1) is 0 Å². The molecule has 1 aromatic heterocycles. The van der Waals surface area contributed by atoms with Crippen molar-refractivity contribution in [3.63, 3.8) is 0 Å². The van der Waals surface area contributed by atoms with E-state index in [1.807, 2.05) is 6.07 Å². The molecule has 2 atom stereocenters. The van der Waals surface area contributed by atoms with E-state index in [1.165, 1.54) is 25.7 Å². The highest BCUT2D eigenvalue weighted by atomic mass is 14.9. The van der Waals surface area contributed by atoms with Gasteiger partial charge in [-0.1, -0.05) is 19.8 Å². The molecule has 0 radical (unpaired) electrons. The second-order valence-corrected chi connectivity index (χ2v) is 4.98. The molecule has 3 N–H and O–H groups in total. The molecule has 1 heterocycles. The van der Waals surface area contributed by atoms with Crippen molar-refractivity contribution in [3.8, 4) is 0 Å². The first-order valence-corrected chi connectivity index (χ1v) is 6.19. The number of nitrogens with zero attached hydrogens (tertiary/aromatic N) is 1. The van der Waals surface area contributed by atoms with Crippen LogP contribution in [-0.4, -0.2) is 11.5 Å². The van der Waals surface area contributed by atoms with E-state index >= 15 is 0 Å². The summed E-state index contributed by atoms with van der Waals surface area (Å²) in [4.78, 5) is 3.99. The molecule has 0 spiro atoms. The molecular formula is C13H21N3. The minimum Gasteiger partial charge on any atom is -0.396 e. The largest absolute Gasteiger partial charge is 0.396 e. The van der Waals surface area contributed by atoms with Crippen molar-refractivity contribution in [1.29, 1.82) is 0 Å². The summed E-state index contributed by atoms with van der Waals surface area (Å²) in [5.74, 6) is 1.69. The lowest BCUT2D eigenvalue weighted by molar-refractivity contribution is 0.293. The number of anilines is 2. The molecule has 2 unspecified atom stereocenters. The summed E-state index contributed by atoms with van der Waals surface area (Å²) in [6.45, 7) is 3.39. The molecule has 0 aliphatic heterocycles. The van der Waals surface area contributed by atoms with Gasteiger partial charge in [-0.25, -0.2) is 0 Å². The van der Waals surface area contributed by atoms with Gasteiger partial charge in [-0.2, -0.15) is 0 Å². The van der Waals surface area contributed by atoms with Crippen molar-refractivity contribution in [3.05, 3.63) is 18.5 Å². The highest BCUT2D eigenvalue weighted by Crippen LogP contribution is 2.29. The van der Waals surface area contributed by atoms with Crippen molar-refractivity contribution in [2.75, 3.05) is 17.6 Å². The van der Waals surface area contributed by atoms with Crippen molar-refractivity contribution in [2.45, 2.75) is 32.6 Å². The molecule has 3 nitrogen and oxygen atoms in total. The van der Waals surface area contributed by atoms with Gasteiger partial charge in [0.05, 0.1) is 17.6 Å². The SMILES string of the molecule is CC1CCCC(CNc2ccncc2N)C1. The summed E-state index contributed by atoms with van der Waals surface area (Å²) < 4.78 is 0. The number of hydrogen-bond donors (Lipinski definition) is 2. The average molecular weight is 219 g/mol. The summed E-state index contributed by atoms with van der Waals surface area (Å²) in [5.41, 5.74) is 7.60. The van der Waals surface area contributed by atoms with E-state index in [1.54, 1.807) is 12.4 Å². The maximum absolute atomic E-state index is 5.84. The van der Waals surface area contributed by atoms with Gasteiger partial charge in [0.2, 0.25) is 0 Å². The van der Waals surface area contributed by atoms with Gasteiger partial charge in [0.15, 0.2) is 0 Å². The molecule has 2 rings (SSSR count). The van der Waals surface area contributed by atoms with Crippen LogP contribution in [0.25, 0.3) is 0 Å². The van der Waals surface area contributed by atoms with E-state index < -0.39 is 0 Å². The van der Waals surface area contributed by atoms with Gasteiger partial charge in [0.25, 0.3) is 0 Å². The maximum atomic E-state index is 5.84. The average Bonchev–Trinajstić information content (AvgIpc) is 2.28. The van der Waals surface area contributed by atoms with Crippen molar-refractivity contribution >= 4 is 11.4 Å². The van der Waals surface area contributed by atoms with Crippen LogP contribution in [0.15, 0.2) is 18.5 Å². The van der Waals surface area contributed by atoms with Gasteiger partial charge in [-0.3, -0.25) is 4.98 Å². The van der Waals surface area contributed by atoms with Crippen LogP contribution < -0.4 is 11.1 Å². The molecule has 88 valence electrons. The number of aromatic nitrogens is 1. The van der Waals surface area contributed by atoms with Crippen LogP contribution in [0.2, 0.25) is 0 Å². The number of pyridine rings is 1. The first-order chi connectivity index (χ1) is 7.75. The Kier molecular flexibility index (Phi) is 3.65. The van der Waals surface area contributed by atoms with Crippen LogP contribution in [0.4, 0.5) is 11.4 Å². The van der Waals surface area contributed by atoms with E-state index in [0.29, 0.717) is 0 Å². The highest BCUT2D eigenvalue weighted by molar-refractivity contribution is 5.64. The number of nitrogen functional groups attached to an aromatic ring is 1. The van der Waals surface area contributed by atoms with Crippen LogP contribution >= 0.6 is 0 Å². The molecule has 0 amide bonds. The maximum Gasteiger partial charge on any atom is 0.0736 e. The van der Waals surface area contributed by atoms with Gasteiger partial charge in [0.1, 0.15) is 0 Å². The third kappa shape index (κ3) is 2.87. The second-order valence-electron chi connectivity index (χ2n) is 4.98. The van der Waals surface area contributed by atoms with Crippen LogP contribution in [-0.2, 0) is 0 Å². The number of nitrogens with two attached hydrogens (primary N) is 1. The molecule has 0 bridgehead atoms. The van der Waals surface area contributed by atoms with Crippen LogP contribution in [0.3, 0.4) is 0 Å². The molecule has 0 saturated heterocycles. The monoisotopic (exact) mass is 219 g/mol. The molecule has 16 heavy (non-hydrogen) atoms. The summed E-state index contributed by atoms with van der Waals surface area (Å²) in [6.07, 6.45) is 8.95. The molecule has 1 aromatic rings. The summed E-state index contributed by atoms with van der Waals surface area (Å²) in [7, 11) is 0. The molecule has 0 aromatic carbocycles. The molecule has 1 aliphatic carbocycles. The minimum absolute atomic E-state index is 0.742. The molecule has 3 heteroatoms. The topological polar surface area (TPSA) is 50.9 Å². The fourth-order valence-corrected chi connectivity index (χ4v) is 2.57. The summed E-state index contributed by atoms with van der Waals surface area (Å²) in [5, 5.41) is 3.44. The fraction of sp³-hybridized carbons (Fsp3) is 0.615. The van der Waals surface area contributed by atoms with Crippen LogP contribution in [0.1, 0.15) is 32.6 Å². The summed E-state index contributed by atoms with van der Waals surface area (Å²) >= 11 is 0. The van der Waals surface area contributed by atoms with E-state index in [9.17, 15) is 0 Å². The quantitative estimate of drug-likeness (QED) is 0.821. The first kappa shape index (κ1) is 11.2. The van der Waals surface area contributed by atoms with Gasteiger partial charge in [0, 0.05) is 12.7 Å². The van der Waals surface area contributed by atoms with Gasteiger partial charge >= 0.3 is 0 Å². The molecule has 1 saturated carbocycles.